The number of rotatable bonds is 8. The topological polar surface area (TPSA) is 74.2 Å². The summed E-state index contributed by atoms with van der Waals surface area (Å²) in [6, 6.07) is 1.97. The molecule has 0 aromatic heterocycles. The highest BCUT2D eigenvalue weighted by atomic mass is 16.5. The van der Waals surface area contributed by atoms with Crippen LogP contribution in [-0.2, 0) is 9.53 Å². The lowest BCUT2D eigenvalue weighted by Crippen LogP contribution is -2.42. The Bertz CT molecular complexity index is 246. The molecule has 0 fully saturated rings. The van der Waals surface area contributed by atoms with E-state index >= 15 is 0 Å². The third kappa shape index (κ3) is 8.21. The van der Waals surface area contributed by atoms with Crippen molar-refractivity contribution in [1.29, 1.82) is 5.26 Å². The second-order valence-corrected chi connectivity index (χ2v) is 4.05. The van der Waals surface area contributed by atoms with E-state index in [4.69, 9.17) is 10.00 Å². The summed E-state index contributed by atoms with van der Waals surface area (Å²) < 4.78 is 5.47. The van der Waals surface area contributed by atoms with Crippen molar-refractivity contribution in [2.24, 2.45) is 0 Å². The van der Waals surface area contributed by atoms with Crippen molar-refractivity contribution >= 4 is 5.91 Å². The average molecular weight is 227 g/mol. The van der Waals surface area contributed by atoms with Gasteiger partial charge in [0.25, 0.3) is 0 Å². The summed E-state index contributed by atoms with van der Waals surface area (Å²) in [4.78, 5) is 11.2. The van der Waals surface area contributed by atoms with Crippen molar-refractivity contribution < 1.29 is 9.53 Å². The highest BCUT2D eigenvalue weighted by molar-refractivity contribution is 5.77. The molecule has 0 heterocycles. The molecule has 92 valence electrons. The number of ether oxygens (including phenoxy) is 1. The third-order valence-corrected chi connectivity index (χ3v) is 1.93. The van der Waals surface area contributed by atoms with Crippen LogP contribution in [0.4, 0.5) is 0 Å². The van der Waals surface area contributed by atoms with Gasteiger partial charge in [-0.25, -0.2) is 0 Å². The zero-order chi connectivity index (χ0) is 12.4. The molecule has 0 unspecified atom stereocenters. The van der Waals surface area contributed by atoms with Crippen molar-refractivity contribution in [3.8, 4) is 6.07 Å². The maximum Gasteiger partial charge on any atom is 0.233 e. The first kappa shape index (κ1) is 14.9. The number of hydrogen-bond donors (Lipinski definition) is 2. The van der Waals surface area contributed by atoms with E-state index in [1.807, 2.05) is 26.8 Å². The van der Waals surface area contributed by atoms with Crippen LogP contribution in [0.5, 0.6) is 0 Å². The maximum atomic E-state index is 11.2. The largest absolute Gasteiger partial charge is 0.375 e. The molecule has 0 aliphatic rings. The van der Waals surface area contributed by atoms with Gasteiger partial charge < -0.3 is 15.4 Å². The van der Waals surface area contributed by atoms with E-state index < -0.39 is 0 Å². The number of carbonyl (C=O) groups excluding carboxylic acids is 1. The van der Waals surface area contributed by atoms with Crippen LogP contribution in [0.15, 0.2) is 0 Å². The highest BCUT2D eigenvalue weighted by Crippen LogP contribution is 2.06. The van der Waals surface area contributed by atoms with Crippen LogP contribution < -0.4 is 10.6 Å². The van der Waals surface area contributed by atoms with Gasteiger partial charge in [-0.15, -0.1) is 0 Å². The van der Waals surface area contributed by atoms with Gasteiger partial charge in [0, 0.05) is 19.7 Å². The molecule has 0 bridgehead atoms. The van der Waals surface area contributed by atoms with E-state index in [-0.39, 0.29) is 18.1 Å². The Morgan fingerprint density at radius 1 is 1.50 bits per heavy atom. The van der Waals surface area contributed by atoms with Crippen molar-refractivity contribution in [3.63, 3.8) is 0 Å². The first-order valence-electron chi connectivity index (χ1n) is 5.50. The van der Waals surface area contributed by atoms with Crippen LogP contribution in [0, 0.1) is 11.3 Å². The fourth-order valence-corrected chi connectivity index (χ4v) is 1.24. The van der Waals surface area contributed by atoms with Gasteiger partial charge in [0.05, 0.1) is 24.6 Å². The van der Waals surface area contributed by atoms with E-state index in [9.17, 15) is 4.79 Å². The Kier molecular flexibility index (Phi) is 7.52. The summed E-state index contributed by atoms with van der Waals surface area (Å²) in [5.41, 5.74) is -0.262. The Morgan fingerprint density at radius 2 is 2.19 bits per heavy atom. The van der Waals surface area contributed by atoms with Gasteiger partial charge in [-0.05, 0) is 20.8 Å². The molecule has 0 aliphatic carbocycles. The first-order valence-corrected chi connectivity index (χ1v) is 5.50. The Hall–Kier alpha value is -1.12. The van der Waals surface area contributed by atoms with Crippen LogP contribution in [-0.4, -0.2) is 37.7 Å². The number of carbonyl (C=O) groups is 1. The molecule has 5 heteroatoms. The molecule has 2 N–H and O–H groups in total. The molecule has 0 atom stereocenters. The molecular formula is C11H21N3O2. The summed E-state index contributed by atoms with van der Waals surface area (Å²) in [5, 5.41) is 13.9. The molecule has 0 spiro atoms. The summed E-state index contributed by atoms with van der Waals surface area (Å²) >= 11 is 0. The zero-order valence-electron chi connectivity index (χ0n) is 10.3. The standard InChI is InChI=1S/C11H21N3O2/c1-4-16-11(2,3)9-13-8-10(15)14-7-5-6-12/h13H,4-5,7-9H2,1-3H3,(H,14,15). The second kappa shape index (κ2) is 8.08. The third-order valence-electron chi connectivity index (χ3n) is 1.93. The SMILES string of the molecule is CCOC(C)(C)CNCC(=O)NCCC#N. The second-order valence-electron chi connectivity index (χ2n) is 4.05. The van der Waals surface area contributed by atoms with Crippen LogP contribution in [0.25, 0.3) is 0 Å². The summed E-state index contributed by atoms with van der Waals surface area (Å²) in [6.45, 7) is 7.81. The monoisotopic (exact) mass is 227 g/mol. The molecule has 0 radical (unpaired) electrons. The maximum absolute atomic E-state index is 11.2. The quantitative estimate of drug-likeness (QED) is 0.589. The number of hydrogen-bond acceptors (Lipinski definition) is 4. The molecule has 16 heavy (non-hydrogen) atoms. The molecule has 0 aliphatic heterocycles. The van der Waals surface area contributed by atoms with Gasteiger partial charge in [0.2, 0.25) is 5.91 Å². The van der Waals surface area contributed by atoms with E-state index in [1.54, 1.807) is 0 Å². The molecule has 5 nitrogen and oxygen atoms in total. The van der Waals surface area contributed by atoms with Crippen molar-refractivity contribution in [2.75, 3.05) is 26.2 Å². The highest BCUT2D eigenvalue weighted by Gasteiger charge is 2.16. The van der Waals surface area contributed by atoms with Crippen LogP contribution in [0.2, 0.25) is 0 Å². The van der Waals surface area contributed by atoms with Crippen LogP contribution in [0.1, 0.15) is 27.2 Å². The van der Waals surface area contributed by atoms with Gasteiger partial charge in [0.1, 0.15) is 0 Å². The average Bonchev–Trinajstić information content (AvgIpc) is 2.17. The predicted octanol–water partition coefficient (Wildman–Crippen LogP) is 0.421. The van der Waals surface area contributed by atoms with Gasteiger partial charge in [-0.1, -0.05) is 0 Å². The van der Waals surface area contributed by atoms with E-state index in [0.717, 1.165) is 0 Å². The zero-order valence-corrected chi connectivity index (χ0v) is 10.3. The molecule has 0 aromatic rings. The van der Waals surface area contributed by atoms with Crippen LogP contribution in [0.3, 0.4) is 0 Å². The lowest BCUT2D eigenvalue weighted by atomic mass is 10.1. The number of nitrogens with one attached hydrogen (secondary N) is 2. The minimum absolute atomic E-state index is 0.0949. The lowest BCUT2D eigenvalue weighted by Gasteiger charge is -2.24. The molecular weight excluding hydrogens is 206 g/mol. The van der Waals surface area contributed by atoms with Crippen molar-refractivity contribution in [3.05, 3.63) is 0 Å². The minimum atomic E-state index is -0.262. The van der Waals surface area contributed by atoms with Gasteiger partial charge in [-0.2, -0.15) is 5.26 Å². The number of nitriles is 1. The van der Waals surface area contributed by atoms with Crippen molar-refractivity contribution in [1.82, 2.24) is 10.6 Å². The Morgan fingerprint density at radius 3 is 2.75 bits per heavy atom. The molecule has 0 saturated heterocycles. The van der Waals surface area contributed by atoms with Crippen molar-refractivity contribution in [2.45, 2.75) is 32.8 Å². The van der Waals surface area contributed by atoms with E-state index in [0.29, 0.717) is 26.1 Å². The van der Waals surface area contributed by atoms with Gasteiger partial charge in [-0.3, -0.25) is 4.79 Å². The van der Waals surface area contributed by atoms with E-state index in [1.165, 1.54) is 0 Å². The molecule has 1 amide bonds. The number of amides is 1. The summed E-state index contributed by atoms with van der Waals surface area (Å²) in [6.07, 6.45) is 0.343. The molecule has 0 aromatic carbocycles. The van der Waals surface area contributed by atoms with Crippen LogP contribution >= 0.6 is 0 Å². The predicted molar refractivity (Wildman–Crippen MR) is 61.8 cm³/mol. The smallest absolute Gasteiger partial charge is 0.233 e. The van der Waals surface area contributed by atoms with Gasteiger partial charge in [0.15, 0.2) is 0 Å². The summed E-state index contributed by atoms with van der Waals surface area (Å²) in [5.74, 6) is -0.0949. The summed E-state index contributed by atoms with van der Waals surface area (Å²) in [7, 11) is 0. The lowest BCUT2D eigenvalue weighted by molar-refractivity contribution is -0.120. The minimum Gasteiger partial charge on any atom is -0.375 e. The normalized spacial score (nSPS) is 10.9. The Labute approximate surface area is 97.2 Å². The first-order chi connectivity index (χ1) is 7.52. The Balaban J connectivity index is 3.58. The molecule has 0 saturated carbocycles. The fraction of sp³-hybridized carbons (Fsp3) is 0.818. The fourth-order valence-electron chi connectivity index (χ4n) is 1.24. The van der Waals surface area contributed by atoms with Gasteiger partial charge >= 0.3 is 0 Å². The molecule has 0 rings (SSSR count). The van der Waals surface area contributed by atoms with E-state index in [2.05, 4.69) is 10.6 Å². The number of nitrogens with zero attached hydrogens (tertiary/aromatic N) is 1.